The van der Waals surface area contributed by atoms with Crippen LogP contribution in [0.15, 0.2) is 12.2 Å². The van der Waals surface area contributed by atoms with Crippen LogP contribution in [0.4, 0.5) is 0 Å². The third kappa shape index (κ3) is 4.67. The van der Waals surface area contributed by atoms with Crippen molar-refractivity contribution in [2.75, 3.05) is 6.61 Å². The SMILES string of the molecule is C=C(C)[C@@H]1CC[C@]2(COC(=O)CCC(=O)O)CC[C@]3(C)[C@H](CC[C@@H]4[C@@]5(C)CC[C@@H](OC(C)=O)C(C)(C)[C@H]5CC[C@]43C)[C@@H]12. The minimum absolute atomic E-state index is 0.00678. The molecular formula is C36H56O6. The second kappa shape index (κ2) is 10.6. The van der Waals surface area contributed by atoms with E-state index in [1.54, 1.807) is 6.92 Å². The summed E-state index contributed by atoms with van der Waals surface area (Å²) >= 11 is 0. The fourth-order valence-corrected chi connectivity index (χ4v) is 12.4. The van der Waals surface area contributed by atoms with Crippen molar-refractivity contribution >= 4 is 17.9 Å². The van der Waals surface area contributed by atoms with E-state index in [0.29, 0.717) is 36.2 Å². The predicted molar refractivity (Wildman–Crippen MR) is 162 cm³/mol. The molecule has 0 unspecified atom stereocenters. The molecule has 6 heteroatoms. The summed E-state index contributed by atoms with van der Waals surface area (Å²) in [5.74, 6) is 1.10. The highest BCUT2D eigenvalue weighted by Gasteiger charge is 2.71. The van der Waals surface area contributed by atoms with Crippen LogP contribution < -0.4 is 0 Å². The van der Waals surface area contributed by atoms with Gasteiger partial charge in [0.1, 0.15) is 6.10 Å². The van der Waals surface area contributed by atoms with E-state index < -0.39 is 5.97 Å². The summed E-state index contributed by atoms with van der Waals surface area (Å²) in [4.78, 5) is 35.5. The molecule has 0 bridgehead atoms. The van der Waals surface area contributed by atoms with Gasteiger partial charge in [-0.3, -0.25) is 14.4 Å². The van der Waals surface area contributed by atoms with Crippen LogP contribution in [0.1, 0.15) is 126 Å². The van der Waals surface area contributed by atoms with E-state index in [0.717, 1.165) is 38.5 Å². The smallest absolute Gasteiger partial charge is 0.306 e. The van der Waals surface area contributed by atoms with Gasteiger partial charge in [0.15, 0.2) is 0 Å². The third-order valence-corrected chi connectivity index (χ3v) is 14.6. The molecule has 5 fully saturated rings. The highest BCUT2D eigenvalue weighted by atomic mass is 16.5. The molecule has 6 nitrogen and oxygen atoms in total. The number of ether oxygens (including phenoxy) is 2. The van der Waals surface area contributed by atoms with E-state index in [9.17, 15) is 14.4 Å². The van der Waals surface area contributed by atoms with Crippen LogP contribution >= 0.6 is 0 Å². The first-order valence-electron chi connectivity index (χ1n) is 16.7. The molecule has 0 aliphatic heterocycles. The van der Waals surface area contributed by atoms with Crippen LogP contribution in [-0.4, -0.2) is 35.7 Å². The van der Waals surface area contributed by atoms with Gasteiger partial charge in [-0.25, -0.2) is 0 Å². The number of hydrogen-bond donors (Lipinski definition) is 1. The van der Waals surface area contributed by atoms with Crippen LogP contribution in [0, 0.1) is 56.7 Å². The largest absolute Gasteiger partial charge is 0.481 e. The van der Waals surface area contributed by atoms with Crippen molar-refractivity contribution in [3.8, 4) is 0 Å². The Bertz CT molecular complexity index is 1130. The number of aliphatic carboxylic acids is 1. The van der Waals surface area contributed by atoms with Gasteiger partial charge < -0.3 is 14.6 Å². The lowest BCUT2D eigenvalue weighted by atomic mass is 9.32. The lowest BCUT2D eigenvalue weighted by Gasteiger charge is -2.73. The maximum absolute atomic E-state index is 12.5. The Morgan fingerprint density at radius 1 is 0.810 bits per heavy atom. The van der Waals surface area contributed by atoms with Crippen molar-refractivity contribution < 1.29 is 29.0 Å². The van der Waals surface area contributed by atoms with Crippen LogP contribution in [0.3, 0.4) is 0 Å². The number of carboxylic acids is 1. The number of rotatable bonds is 7. The maximum atomic E-state index is 12.5. The van der Waals surface area contributed by atoms with E-state index >= 15 is 0 Å². The molecule has 0 radical (unpaired) electrons. The summed E-state index contributed by atoms with van der Waals surface area (Å²) in [6.07, 6.45) is 11.0. The first-order chi connectivity index (χ1) is 19.5. The average Bonchev–Trinajstić information content (AvgIpc) is 3.28. The van der Waals surface area contributed by atoms with E-state index in [1.165, 1.54) is 31.3 Å². The highest BCUT2D eigenvalue weighted by Crippen LogP contribution is 2.77. The van der Waals surface area contributed by atoms with Gasteiger partial charge in [-0.05, 0) is 117 Å². The lowest BCUT2D eigenvalue weighted by molar-refractivity contribution is -0.252. The molecule has 5 aliphatic carbocycles. The van der Waals surface area contributed by atoms with E-state index in [1.807, 2.05) is 0 Å². The van der Waals surface area contributed by atoms with Crippen molar-refractivity contribution in [1.29, 1.82) is 0 Å². The Hall–Kier alpha value is -1.85. The van der Waals surface area contributed by atoms with Crippen LogP contribution in [0.2, 0.25) is 0 Å². The Balaban J connectivity index is 1.43. The number of esters is 2. The van der Waals surface area contributed by atoms with Crippen LogP contribution in [0.25, 0.3) is 0 Å². The fourth-order valence-electron chi connectivity index (χ4n) is 12.4. The molecule has 42 heavy (non-hydrogen) atoms. The molecule has 5 aliphatic rings. The molecule has 10 atom stereocenters. The fraction of sp³-hybridized carbons (Fsp3) is 0.861. The quantitative estimate of drug-likeness (QED) is 0.241. The zero-order valence-corrected chi connectivity index (χ0v) is 27.4. The monoisotopic (exact) mass is 584 g/mol. The van der Waals surface area contributed by atoms with Gasteiger partial charge in [-0.1, -0.05) is 46.8 Å². The molecule has 0 amide bonds. The van der Waals surface area contributed by atoms with Gasteiger partial charge in [0.25, 0.3) is 0 Å². The average molecular weight is 585 g/mol. The summed E-state index contributed by atoms with van der Waals surface area (Å²) in [6.45, 7) is 21.1. The Kier molecular flexibility index (Phi) is 8.00. The van der Waals surface area contributed by atoms with Crippen LogP contribution in [-0.2, 0) is 23.9 Å². The van der Waals surface area contributed by atoms with Crippen LogP contribution in [0.5, 0.6) is 0 Å². The summed E-state index contributed by atoms with van der Waals surface area (Å²) < 4.78 is 11.8. The summed E-state index contributed by atoms with van der Waals surface area (Å²) in [7, 11) is 0. The van der Waals surface area contributed by atoms with Crippen molar-refractivity contribution in [3.05, 3.63) is 12.2 Å². The zero-order valence-electron chi connectivity index (χ0n) is 27.4. The summed E-state index contributed by atoms with van der Waals surface area (Å²) in [5.41, 5.74) is 1.82. The Labute approximate surface area is 253 Å². The predicted octanol–water partition coefficient (Wildman–Crippen LogP) is 7.98. The Morgan fingerprint density at radius 2 is 1.52 bits per heavy atom. The minimum Gasteiger partial charge on any atom is -0.481 e. The first-order valence-corrected chi connectivity index (χ1v) is 16.7. The molecular weight excluding hydrogens is 528 g/mol. The maximum Gasteiger partial charge on any atom is 0.306 e. The van der Waals surface area contributed by atoms with E-state index in [4.69, 9.17) is 14.6 Å². The minimum atomic E-state index is -0.962. The molecule has 5 saturated carbocycles. The molecule has 5 rings (SSSR count). The third-order valence-electron chi connectivity index (χ3n) is 14.6. The lowest BCUT2D eigenvalue weighted by Crippen LogP contribution is -2.67. The second-order valence-electron chi connectivity index (χ2n) is 16.6. The molecule has 0 spiro atoms. The van der Waals surface area contributed by atoms with E-state index in [2.05, 4.69) is 48.1 Å². The molecule has 0 heterocycles. The summed E-state index contributed by atoms with van der Waals surface area (Å²) in [5, 5.41) is 9.03. The Morgan fingerprint density at radius 3 is 2.17 bits per heavy atom. The van der Waals surface area contributed by atoms with Gasteiger partial charge in [-0.2, -0.15) is 0 Å². The number of carboxylic acid groups (broad SMARTS) is 1. The van der Waals surface area contributed by atoms with Gasteiger partial charge in [0, 0.05) is 17.8 Å². The number of hydrogen-bond acceptors (Lipinski definition) is 5. The van der Waals surface area contributed by atoms with Gasteiger partial charge in [-0.15, -0.1) is 0 Å². The number of fused-ring (bicyclic) bond motifs is 7. The van der Waals surface area contributed by atoms with Crippen molar-refractivity contribution in [2.45, 2.75) is 132 Å². The summed E-state index contributed by atoms with van der Waals surface area (Å²) in [6, 6.07) is 0. The number of carbonyl (C=O) groups is 3. The normalized spacial score (nSPS) is 45.4. The zero-order chi connectivity index (χ0) is 30.9. The topological polar surface area (TPSA) is 89.9 Å². The van der Waals surface area contributed by atoms with Crippen molar-refractivity contribution in [3.63, 3.8) is 0 Å². The van der Waals surface area contributed by atoms with Gasteiger partial charge >= 0.3 is 17.9 Å². The van der Waals surface area contributed by atoms with Crippen molar-refractivity contribution in [2.24, 2.45) is 56.7 Å². The molecule has 0 aromatic heterocycles. The molecule has 236 valence electrons. The van der Waals surface area contributed by atoms with Crippen molar-refractivity contribution in [1.82, 2.24) is 0 Å². The second-order valence-corrected chi connectivity index (χ2v) is 16.6. The standard InChI is InChI=1S/C36H56O6/c1-22(2)24-13-18-36(21-41-30(40)12-11-29(38)39)20-19-34(7)25(31(24)36)9-10-27-33(6)16-15-28(42-23(3)37)32(4,5)26(33)14-17-35(27,34)8/h24-28,31H,1,9-21H2,2-8H3,(H,38,39)/t24-,25+,26+,27+,28+,31+,33-,34+,35+,36+/m0/s1. The van der Waals surface area contributed by atoms with Gasteiger partial charge in [0.2, 0.25) is 0 Å². The molecule has 0 saturated heterocycles. The van der Waals surface area contributed by atoms with E-state index in [-0.39, 0.29) is 58.0 Å². The first kappa shape index (κ1) is 31.6. The molecule has 0 aromatic carbocycles. The molecule has 0 aromatic rings. The molecule has 1 N–H and O–H groups in total. The number of carbonyl (C=O) groups excluding carboxylic acids is 2. The number of allylic oxidation sites excluding steroid dienone is 1. The van der Waals surface area contributed by atoms with Gasteiger partial charge in [0.05, 0.1) is 19.4 Å². The highest BCUT2D eigenvalue weighted by molar-refractivity contribution is 5.76.